The normalized spacial score (nSPS) is 20.7. The van der Waals surface area contributed by atoms with E-state index in [1.54, 1.807) is 0 Å². The second kappa shape index (κ2) is 7.41. The third-order valence-corrected chi connectivity index (χ3v) is 6.60. The van der Waals surface area contributed by atoms with Crippen molar-refractivity contribution in [2.75, 3.05) is 5.75 Å². The molecule has 0 saturated heterocycles. The molecule has 0 aromatic carbocycles. The molecule has 0 aliphatic heterocycles. The molecule has 0 bridgehead atoms. The second-order valence-electron chi connectivity index (χ2n) is 7.65. The first-order valence-electron chi connectivity index (χ1n) is 9.35. The molecule has 1 unspecified atom stereocenters. The zero-order chi connectivity index (χ0) is 18.0. The van der Waals surface area contributed by atoms with Crippen LogP contribution in [0.4, 0.5) is 0 Å². The van der Waals surface area contributed by atoms with Crippen molar-refractivity contribution in [2.24, 2.45) is 5.92 Å². The minimum atomic E-state index is -0.720. The predicted octanol–water partition coefficient (Wildman–Crippen LogP) is 3.91. The summed E-state index contributed by atoms with van der Waals surface area (Å²) in [5.41, 5.74) is 1.55. The first-order chi connectivity index (χ1) is 11.9. The highest BCUT2D eigenvalue weighted by atomic mass is 32.2. The van der Waals surface area contributed by atoms with E-state index in [0.29, 0.717) is 17.7 Å². The van der Waals surface area contributed by atoms with Crippen LogP contribution < -0.4 is 5.32 Å². The third kappa shape index (κ3) is 4.03. The molecule has 0 spiro atoms. The molecule has 3 rings (SSSR count). The van der Waals surface area contributed by atoms with Crippen molar-refractivity contribution in [3.63, 3.8) is 0 Å². The van der Waals surface area contributed by atoms with Gasteiger partial charge in [0.2, 0.25) is 5.91 Å². The van der Waals surface area contributed by atoms with Gasteiger partial charge in [-0.25, -0.2) is 4.98 Å². The Hall–Kier alpha value is -1.48. The number of carbonyl (C=O) groups excluding carboxylic acids is 1. The van der Waals surface area contributed by atoms with Crippen LogP contribution in [0, 0.1) is 31.1 Å². The minimum Gasteiger partial charge on any atom is -0.337 e. The van der Waals surface area contributed by atoms with E-state index < -0.39 is 5.54 Å². The summed E-state index contributed by atoms with van der Waals surface area (Å²) in [6.45, 7) is 6.00. The van der Waals surface area contributed by atoms with E-state index in [4.69, 9.17) is 4.98 Å². The van der Waals surface area contributed by atoms with Gasteiger partial charge in [0.15, 0.2) is 5.16 Å². The van der Waals surface area contributed by atoms with Crippen LogP contribution >= 0.6 is 11.8 Å². The monoisotopic (exact) mass is 360 g/mol. The van der Waals surface area contributed by atoms with Gasteiger partial charge in [-0.1, -0.05) is 31.0 Å². The van der Waals surface area contributed by atoms with Crippen LogP contribution in [0.1, 0.15) is 69.3 Å². The molecular formula is C19H28N4OS. The number of nitrogens with one attached hydrogen (secondary N) is 1. The first kappa shape index (κ1) is 18.3. The number of aromatic nitrogens is 2. The number of thioether (sulfide) groups is 1. The Morgan fingerprint density at radius 2 is 2.00 bits per heavy atom. The van der Waals surface area contributed by atoms with Crippen molar-refractivity contribution >= 4 is 17.7 Å². The molecule has 2 aliphatic rings. The molecule has 2 aliphatic carbocycles. The van der Waals surface area contributed by atoms with Crippen LogP contribution in [0.15, 0.2) is 5.16 Å². The number of imidazole rings is 1. The van der Waals surface area contributed by atoms with Gasteiger partial charge in [0, 0.05) is 11.7 Å². The molecule has 1 N–H and O–H groups in total. The van der Waals surface area contributed by atoms with Gasteiger partial charge in [-0.05, 0) is 52.4 Å². The molecule has 1 heterocycles. The zero-order valence-electron chi connectivity index (χ0n) is 15.5. The highest BCUT2D eigenvalue weighted by Gasteiger charge is 2.43. The Morgan fingerprint density at radius 3 is 2.60 bits per heavy atom. The number of carbonyl (C=O) groups is 1. The van der Waals surface area contributed by atoms with E-state index in [2.05, 4.69) is 22.9 Å². The smallest absolute Gasteiger partial charge is 0.231 e. The predicted molar refractivity (Wildman–Crippen MR) is 99.4 cm³/mol. The van der Waals surface area contributed by atoms with Crippen LogP contribution in [0.5, 0.6) is 0 Å². The van der Waals surface area contributed by atoms with Crippen molar-refractivity contribution in [3.05, 3.63) is 11.4 Å². The Labute approximate surface area is 154 Å². The fourth-order valence-electron chi connectivity index (χ4n) is 3.80. The fraction of sp³-hybridized carbons (Fsp3) is 0.737. The van der Waals surface area contributed by atoms with Crippen molar-refractivity contribution in [3.8, 4) is 6.07 Å². The van der Waals surface area contributed by atoms with Crippen molar-refractivity contribution in [2.45, 2.75) is 82.5 Å². The quantitative estimate of drug-likeness (QED) is 0.781. The van der Waals surface area contributed by atoms with Gasteiger partial charge in [-0.3, -0.25) is 4.79 Å². The number of rotatable bonds is 6. The van der Waals surface area contributed by atoms with Gasteiger partial charge in [-0.2, -0.15) is 5.26 Å². The zero-order valence-corrected chi connectivity index (χ0v) is 16.3. The molecule has 6 heteroatoms. The lowest BCUT2D eigenvalue weighted by Gasteiger charge is -2.26. The Balaban J connectivity index is 1.65. The topological polar surface area (TPSA) is 70.7 Å². The van der Waals surface area contributed by atoms with Crippen LogP contribution in [0.3, 0.4) is 0 Å². The number of amides is 1. The number of nitriles is 1. The third-order valence-electron chi connectivity index (χ3n) is 5.65. The standard InChI is InChI=1S/C19H28N4OS/c1-13-14(2)23(16-7-5-4-6-8-16)18(21-13)25-11-17(24)22-19(3,12-20)15-9-10-15/h15-16H,4-11H2,1-3H3,(H,22,24). The molecule has 1 atom stereocenters. The van der Waals surface area contributed by atoms with Crippen molar-refractivity contribution in [1.29, 1.82) is 5.26 Å². The maximum atomic E-state index is 12.4. The summed E-state index contributed by atoms with van der Waals surface area (Å²) in [5.74, 6) is 0.543. The van der Waals surface area contributed by atoms with E-state index in [-0.39, 0.29) is 5.91 Å². The minimum absolute atomic E-state index is 0.0746. The van der Waals surface area contributed by atoms with Crippen molar-refractivity contribution in [1.82, 2.24) is 14.9 Å². The summed E-state index contributed by atoms with van der Waals surface area (Å²) in [4.78, 5) is 17.1. The Morgan fingerprint density at radius 1 is 1.32 bits per heavy atom. The lowest BCUT2D eigenvalue weighted by Crippen LogP contribution is -2.47. The molecular weight excluding hydrogens is 332 g/mol. The van der Waals surface area contributed by atoms with E-state index in [1.807, 2.05) is 13.8 Å². The molecule has 5 nitrogen and oxygen atoms in total. The van der Waals surface area contributed by atoms with Gasteiger partial charge in [0.05, 0.1) is 17.5 Å². The number of aryl methyl sites for hydroxylation is 1. The van der Waals surface area contributed by atoms with Crippen LogP contribution in [0.25, 0.3) is 0 Å². The summed E-state index contributed by atoms with van der Waals surface area (Å²) in [6, 6.07) is 2.79. The summed E-state index contributed by atoms with van der Waals surface area (Å²) >= 11 is 1.50. The second-order valence-corrected chi connectivity index (χ2v) is 8.59. The van der Waals surface area contributed by atoms with Crippen molar-refractivity contribution < 1.29 is 4.79 Å². The summed E-state index contributed by atoms with van der Waals surface area (Å²) in [6.07, 6.45) is 8.32. The largest absolute Gasteiger partial charge is 0.337 e. The fourth-order valence-corrected chi connectivity index (χ4v) is 4.76. The maximum absolute atomic E-state index is 12.4. The van der Waals surface area contributed by atoms with E-state index in [1.165, 1.54) is 49.6 Å². The summed E-state index contributed by atoms with van der Waals surface area (Å²) in [7, 11) is 0. The lowest BCUT2D eigenvalue weighted by molar-refractivity contribution is -0.119. The van der Waals surface area contributed by atoms with Gasteiger partial charge >= 0.3 is 0 Å². The average molecular weight is 361 g/mol. The van der Waals surface area contributed by atoms with E-state index >= 15 is 0 Å². The van der Waals surface area contributed by atoms with Crippen LogP contribution in [-0.2, 0) is 4.79 Å². The molecule has 1 amide bonds. The summed E-state index contributed by atoms with van der Waals surface area (Å²) in [5, 5.41) is 13.3. The Bertz CT molecular complexity index is 682. The van der Waals surface area contributed by atoms with Gasteiger partial charge < -0.3 is 9.88 Å². The van der Waals surface area contributed by atoms with Gasteiger partial charge in [0.25, 0.3) is 0 Å². The van der Waals surface area contributed by atoms with Crippen LogP contribution in [-0.4, -0.2) is 26.8 Å². The SMILES string of the molecule is Cc1nc(SCC(=O)NC(C)(C#N)C2CC2)n(C2CCCCC2)c1C. The number of hydrogen-bond acceptors (Lipinski definition) is 4. The first-order valence-corrected chi connectivity index (χ1v) is 10.3. The van der Waals surface area contributed by atoms with Crippen LogP contribution in [0.2, 0.25) is 0 Å². The Kier molecular flexibility index (Phi) is 5.43. The van der Waals surface area contributed by atoms with Gasteiger partial charge in [-0.15, -0.1) is 0 Å². The molecule has 2 fully saturated rings. The maximum Gasteiger partial charge on any atom is 0.231 e. The number of nitrogens with zero attached hydrogens (tertiary/aromatic N) is 3. The molecule has 2 saturated carbocycles. The number of hydrogen-bond donors (Lipinski definition) is 1. The highest BCUT2D eigenvalue weighted by Crippen LogP contribution is 2.39. The molecule has 0 radical (unpaired) electrons. The average Bonchev–Trinajstić information content (AvgIpc) is 3.42. The highest BCUT2D eigenvalue weighted by molar-refractivity contribution is 7.99. The van der Waals surface area contributed by atoms with Gasteiger partial charge in [0.1, 0.15) is 5.54 Å². The molecule has 1 aromatic heterocycles. The molecule has 136 valence electrons. The molecule has 1 aromatic rings. The van der Waals surface area contributed by atoms with E-state index in [0.717, 1.165) is 23.7 Å². The molecule has 25 heavy (non-hydrogen) atoms. The lowest BCUT2D eigenvalue weighted by atomic mass is 9.95. The van der Waals surface area contributed by atoms with E-state index in [9.17, 15) is 10.1 Å². The summed E-state index contributed by atoms with van der Waals surface area (Å²) < 4.78 is 2.34.